The average molecular weight is 271 g/mol. The number of carboxylic acid groups (broad SMARTS) is 1. The highest BCUT2D eigenvalue weighted by atomic mass is 16.6. The Kier molecular flexibility index (Phi) is 4.82. The van der Waals surface area contributed by atoms with Gasteiger partial charge in [0.05, 0.1) is 5.92 Å². The molecule has 0 bridgehead atoms. The Labute approximate surface area is 114 Å². The molecule has 0 aromatic heterocycles. The van der Waals surface area contributed by atoms with Gasteiger partial charge < -0.3 is 15.2 Å². The van der Waals surface area contributed by atoms with Gasteiger partial charge in [-0.2, -0.15) is 0 Å². The fourth-order valence-electron chi connectivity index (χ4n) is 1.65. The highest BCUT2D eigenvalue weighted by Crippen LogP contribution is 2.37. The van der Waals surface area contributed by atoms with Crippen molar-refractivity contribution in [2.24, 2.45) is 17.8 Å². The number of amides is 1. The third-order valence-corrected chi connectivity index (χ3v) is 3.24. The second kappa shape index (κ2) is 5.80. The maximum Gasteiger partial charge on any atom is 0.407 e. The Morgan fingerprint density at radius 2 is 1.63 bits per heavy atom. The summed E-state index contributed by atoms with van der Waals surface area (Å²) in [5, 5.41) is 11.0. The Hall–Kier alpha value is -1.26. The third kappa shape index (κ3) is 6.45. The van der Waals surface area contributed by atoms with Crippen LogP contribution in [0, 0.1) is 17.8 Å². The van der Waals surface area contributed by atoms with E-state index in [4.69, 9.17) is 9.84 Å². The maximum absolute atomic E-state index is 11.1. The lowest BCUT2D eigenvalue weighted by atomic mass is 10.2. The molecule has 1 amide bonds. The van der Waals surface area contributed by atoms with Crippen LogP contribution in [-0.2, 0) is 9.53 Å². The summed E-state index contributed by atoms with van der Waals surface area (Å²) in [6, 6.07) is 0.347. The molecule has 2 rings (SSSR count). The first-order valence-electron chi connectivity index (χ1n) is 6.82. The van der Waals surface area contributed by atoms with Gasteiger partial charge in [0, 0.05) is 6.04 Å². The van der Waals surface area contributed by atoms with Crippen LogP contribution >= 0.6 is 0 Å². The van der Waals surface area contributed by atoms with Gasteiger partial charge in [-0.3, -0.25) is 4.79 Å². The van der Waals surface area contributed by atoms with Gasteiger partial charge in [0.2, 0.25) is 0 Å². The lowest BCUT2D eigenvalue weighted by Crippen LogP contribution is -2.34. The van der Waals surface area contributed by atoms with Crippen molar-refractivity contribution in [1.82, 2.24) is 5.32 Å². The van der Waals surface area contributed by atoms with Crippen molar-refractivity contribution in [2.45, 2.75) is 59.1 Å². The van der Waals surface area contributed by atoms with E-state index in [1.54, 1.807) is 0 Å². The van der Waals surface area contributed by atoms with Crippen LogP contribution in [0.4, 0.5) is 4.79 Å². The summed E-state index contributed by atoms with van der Waals surface area (Å²) in [5.74, 6) is 0.419. The molecule has 2 N–H and O–H groups in total. The Balaban J connectivity index is 0.000000218. The SMILES string of the molecule is CC1CC1C(=O)O.CC1CC1NC(=O)OC(C)(C)C. The van der Waals surface area contributed by atoms with Crippen molar-refractivity contribution in [3.05, 3.63) is 0 Å². The number of hydrogen-bond donors (Lipinski definition) is 2. The van der Waals surface area contributed by atoms with Gasteiger partial charge >= 0.3 is 12.1 Å². The van der Waals surface area contributed by atoms with Gasteiger partial charge in [0.1, 0.15) is 5.60 Å². The maximum atomic E-state index is 11.1. The highest BCUT2D eigenvalue weighted by Gasteiger charge is 2.38. The van der Waals surface area contributed by atoms with Crippen LogP contribution in [0.15, 0.2) is 0 Å². The normalized spacial score (nSPS) is 31.6. The first-order valence-corrected chi connectivity index (χ1v) is 6.82. The predicted molar refractivity (Wildman–Crippen MR) is 71.8 cm³/mol. The molecule has 0 saturated heterocycles. The Bertz CT molecular complexity index is 348. The first kappa shape index (κ1) is 15.8. The van der Waals surface area contributed by atoms with Crippen LogP contribution in [-0.4, -0.2) is 28.8 Å². The summed E-state index contributed by atoms with van der Waals surface area (Å²) in [6.45, 7) is 9.66. The minimum Gasteiger partial charge on any atom is -0.481 e. The van der Waals surface area contributed by atoms with Gasteiger partial charge in [-0.05, 0) is 45.4 Å². The molecular weight excluding hydrogens is 246 g/mol. The fraction of sp³-hybridized carbons (Fsp3) is 0.857. The van der Waals surface area contributed by atoms with E-state index in [1.165, 1.54) is 0 Å². The van der Waals surface area contributed by atoms with Crippen LogP contribution in [0.3, 0.4) is 0 Å². The molecule has 2 aliphatic carbocycles. The molecule has 0 aliphatic heterocycles. The van der Waals surface area contributed by atoms with Crippen molar-refractivity contribution in [2.75, 3.05) is 0 Å². The monoisotopic (exact) mass is 271 g/mol. The topological polar surface area (TPSA) is 75.6 Å². The molecule has 2 saturated carbocycles. The lowest BCUT2D eigenvalue weighted by Gasteiger charge is -2.19. The summed E-state index contributed by atoms with van der Waals surface area (Å²) in [5.41, 5.74) is -0.387. The van der Waals surface area contributed by atoms with E-state index >= 15 is 0 Å². The number of rotatable bonds is 2. The van der Waals surface area contributed by atoms with Crippen molar-refractivity contribution < 1.29 is 19.4 Å². The smallest absolute Gasteiger partial charge is 0.407 e. The largest absolute Gasteiger partial charge is 0.481 e. The molecule has 5 heteroatoms. The van der Waals surface area contributed by atoms with Crippen LogP contribution in [0.5, 0.6) is 0 Å². The zero-order chi connectivity index (χ0) is 14.8. The van der Waals surface area contributed by atoms with Gasteiger partial charge in [0.15, 0.2) is 0 Å². The van der Waals surface area contributed by atoms with E-state index in [9.17, 15) is 9.59 Å². The van der Waals surface area contributed by atoms with Gasteiger partial charge in [-0.25, -0.2) is 4.79 Å². The molecule has 110 valence electrons. The molecule has 0 heterocycles. The van der Waals surface area contributed by atoms with Gasteiger partial charge in [0.25, 0.3) is 0 Å². The van der Waals surface area contributed by atoms with Gasteiger partial charge in [-0.1, -0.05) is 13.8 Å². The number of carbonyl (C=O) groups is 2. The van der Waals surface area contributed by atoms with Crippen molar-refractivity contribution in [3.63, 3.8) is 0 Å². The Morgan fingerprint density at radius 1 is 1.16 bits per heavy atom. The quantitative estimate of drug-likeness (QED) is 0.809. The molecule has 0 radical (unpaired) electrons. The number of carbonyl (C=O) groups excluding carboxylic acids is 1. The van der Waals surface area contributed by atoms with E-state index in [0.717, 1.165) is 12.8 Å². The number of nitrogens with one attached hydrogen (secondary N) is 1. The molecule has 0 aromatic carbocycles. The lowest BCUT2D eigenvalue weighted by molar-refractivity contribution is -0.138. The average Bonchev–Trinajstić information content (AvgIpc) is 3.06. The molecule has 5 nitrogen and oxygen atoms in total. The number of ether oxygens (including phenoxy) is 1. The van der Waals surface area contributed by atoms with Crippen LogP contribution in [0.25, 0.3) is 0 Å². The third-order valence-electron chi connectivity index (χ3n) is 3.24. The predicted octanol–water partition coefficient (Wildman–Crippen LogP) is 2.65. The molecule has 0 aromatic rings. The highest BCUT2D eigenvalue weighted by molar-refractivity contribution is 5.73. The van der Waals surface area contributed by atoms with Crippen LogP contribution < -0.4 is 5.32 Å². The second-order valence-corrected chi connectivity index (χ2v) is 6.62. The number of carboxylic acids is 1. The molecular formula is C14H25NO4. The van der Waals surface area contributed by atoms with Crippen molar-refractivity contribution >= 4 is 12.1 Å². The second-order valence-electron chi connectivity index (χ2n) is 6.62. The van der Waals surface area contributed by atoms with E-state index in [0.29, 0.717) is 17.9 Å². The zero-order valence-corrected chi connectivity index (χ0v) is 12.4. The fourth-order valence-corrected chi connectivity index (χ4v) is 1.65. The Morgan fingerprint density at radius 3 is 1.84 bits per heavy atom. The minimum absolute atomic E-state index is 0.0139. The van der Waals surface area contributed by atoms with Crippen molar-refractivity contribution in [3.8, 4) is 0 Å². The van der Waals surface area contributed by atoms with Crippen LogP contribution in [0.1, 0.15) is 47.5 Å². The van der Waals surface area contributed by atoms with Crippen molar-refractivity contribution in [1.29, 1.82) is 0 Å². The number of aliphatic carboxylic acids is 1. The molecule has 4 unspecified atom stereocenters. The minimum atomic E-state index is -0.632. The number of alkyl carbamates (subject to hydrolysis) is 1. The summed E-state index contributed by atoms with van der Waals surface area (Å²) in [6.07, 6.45) is 1.67. The summed E-state index contributed by atoms with van der Waals surface area (Å²) >= 11 is 0. The molecule has 19 heavy (non-hydrogen) atoms. The summed E-state index contributed by atoms with van der Waals surface area (Å²) < 4.78 is 5.09. The molecule has 4 atom stereocenters. The zero-order valence-electron chi connectivity index (χ0n) is 12.4. The summed E-state index contributed by atoms with van der Waals surface area (Å²) in [4.78, 5) is 21.1. The molecule has 2 fully saturated rings. The van der Waals surface area contributed by atoms with E-state index in [2.05, 4.69) is 12.2 Å². The van der Waals surface area contributed by atoms with E-state index in [1.807, 2.05) is 27.7 Å². The van der Waals surface area contributed by atoms with E-state index in [-0.39, 0.29) is 17.6 Å². The summed E-state index contributed by atoms with van der Waals surface area (Å²) in [7, 11) is 0. The van der Waals surface area contributed by atoms with E-state index < -0.39 is 5.97 Å². The van der Waals surface area contributed by atoms with Crippen LogP contribution in [0.2, 0.25) is 0 Å². The van der Waals surface area contributed by atoms with Gasteiger partial charge in [-0.15, -0.1) is 0 Å². The first-order chi connectivity index (χ1) is 8.60. The molecule has 2 aliphatic rings. The standard InChI is InChI=1S/C9H17NO2.C5H8O2/c1-6-5-7(6)10-8(11)12-9(2,3)4;1-3-2-4(3)5(6)7/h6-7H,5H2,1-4H3,(H,10,11);3-4H,2H2,1H3,(H,6,7). The number of hydrogen-bond acceptors (Lipinski definition) is 3. The molecule has 0 spiro atoms.